The topological polar surface area (TPSA) is 175 Å². The molecule has 0 spiro atoms. The fourth-order valence-electron chi connectivity index (χ4n) is 10.1. The summed E-state index contributed by atoms with van der Waals surface area (Å²) >= 11 is 0. The van der Waals surface area contributed by atoms with Crippen LogP contribution >= 0.6 is 0 Å². The maximum atomic E-state index is 13.0. The lowest BCUT2D eigenvalue weighted by atomic mass is 9.99. The van der Waals surface area contributed by atoms with Crippen molar-refractivity contribution < 1.29 is 49.3 Å². The van der Waals surface area contributed by atoms with E-state index < -0.39 is 49.5 Å². The summed E-state index contributed by atoms with van der Waals surface area (Å²) in [6.45, 7) is 4.33. The number of allylic oxidation sites excluding steroid dienone is 1. The predicted octanol–water partition coefficient (Wildman–Crippen LogP) is 14.7. The molecule has 7 unspecified atom stereocenters. The molecular weight excluding hydrogens is 919 g/mol. The number of aliphatic hydroxyl groups is 5. The molecule has 0 aliphatic carbocycles. The van der Waals surface area contributed by atoms with Crippen LogP contribution < -0.4 is 5.32 Å². The number of carbonyl (C=O) groups excluding carboxylic acids is 2. The van der Waals surface area contributed by atoms with Gasteiger partial charge in [-0.25, -0.2) is 0 Å². The first kappa shape index (κ1) is 69.4. The summed E-state index contributed by atoms with van der Waals surface area (Å²) in [6, 6.07) is -0.809. The molecule has 1 saturated heterocycles. The molecule has 1 aliphatic rings. The van der Waals surface area contributed by atoms with Crippen LogP contribution in [0.25, 0.3) is 0 Å². The van der Waals surface area contributed by atoms with Crippen LogP contribution in [0.15, 0.2) is 12.2 Å². The first-order valence-electron chi connectivity index (χ1n) is 31.5. The van der Waals surface area contributed by atoms with Crippen molar-refractivity contribution in [3.63, 3.8) is 0 Å². The summed E-state index contributed by atoms with van der Waals surface area (Å²) in [4.78, 5) is 25.1. The Bertz CT molecular complexity index is 1220. The van der Waals surface area contributed by atoms with Crippen molar-refractivity contribution in [3.8, 4) is 0 Å². The second-order valence-corrected chi connectivity index (χ2v) is 22.1. The number of rotatable bonds is 55. The molecule has 1 aliphatic heterocycles. The largest absolute Gasteiger partial charge is 0.466 e. The lowest BCUT2D eigenvalue weighted by molar-refractivity contribution is -0.302. The monoisotopic (exact) mass is 1040 g/mol. The van der Waals surface area contributed by atoms with E-state index in [1.165, 1.54) is 225 Å². The van der Waals surface area contributed by atoms with Gasteiger partial charge in [-0.2, -0.15) is 0 Å². The van der Waals surface area contributed by atoms with Gasteiger partial charge in [0.05, 0.1) is 32.0 Å². The maximum absolute atomic E-state index is 13.0. The van der Waals surface area contributed by atoms with Crippen LogP contribution in [0.3, 0.4) is 0 Å². The van der Waals surface area contributed by atoms with E-state index in [9.17, 15) is 35.1 Å². The van der Waals surface area contributed by atoms with E-state index in [4.69, 9.17) is 14.2 Å². The van der Waals surface area contributed by atoms with Gasteiger partial charge in [0.15, 0.2) is 6.29 Å². The Morgan fingerprint density at radius 1 is 0.493 bits per heavy atom. The van der Waals surface area contributed by atoms with E-state index in [0.29, 0.717) is 19.4 Å². The molecule has 432 valence electrons. The highest BCUT2D eigenvalue weighted by atomic mass is 16.7. The van der Waals surface area contributed by atoms with Gasteiger partial charge in [0.25, 0.3) is 0 Å². The predicted molar refractivity (Wildman–Crippen MR) is 301 cm³/mol. The van der Waals surface area contributed by atoms with Crippen molar-refractivity contribution in [1.82, 2.24) is 5.32 Å². The molecule has 1 rings (SSSR count). The molecule has 1 fully saturated rings. The number of nitrogens with one attached hydrogen (secondary N) is 1. The summed E-state index contributed by atoms with van der Waals surface area (Å²) in [7, 11) is 0. The maximum Gasteiger partial charge on any atom is 0.305 e. The van der Waals surface area contributed by atoms with Crippen LogP contribution in [0.5, 0.6) is 0 Å². The first-order valence-corrected chi connectivity index (χ1v) is 31.5. The third kappa shape index (κ3) is 42.1. The van der Waals surface area contributed by atoms with E-state index in [2.05, 4.69) is 19.2 Å². The quantitative estimate of drug-likeness (QED) is 0.0195. The average Bonchev–Trinajstić information content (AvgIpc) is 3.39. The fourth-order valence-corrected chi connectivity index (χ4v) is 10.1. The molecule has 6 N–H and O–H groups in total. The fraction of sp³-hybridized carbons (Fsp3) is 0.935. The zero-order valence-corrected chi connectivity index (χ0v) is 47.6. The molecule has 0 bridgehead atoms. The highest BCUT2D eigenvalue weighted by molar-refractivity contribution is 5.76. The van der Waals surface area contributed by atoms with E-state index in [1.54, 1.807) is 6.08 Å². The average molecular weight is 1040 g/mol. The minimum Gasteiger partial charge on any atom is -0.466 e. The van der Waals surface area contributed by atoms with Crippen LogP contribution in [0.4, 0.5) is 0 Å². The van der Waals surface area contributed by atoms with Gasteiger partial charge in [-0.05, 0) is 32.1 Å². The molecule has 11 heteroatoms. The van der Waals surface area contributed by atoms with Crippen LogP contribution in [0, 0.1) is 0 Å². The number of esters is 1. The second kappa shape index (κ2) is 52.5. The standard InChI is InChI=1S/C62H119NO10/c1-3-5-7-9-11-13-14-15-16-24-27-30-34-38-42-46-50-58(67)71-51-47-43-39-35-31-28-25-22-20-18-17-19-21-23-26-29-33-37-41-45-49-57(66)63-54(55(65)48-44-40-36-32-12-10-8-6-4-2)53-72-62-61(70)60(69)59(68)56(52-64)73-62/h44,48,54-56,59-62,64-65,68-70H,3-43,45-47,49-53H2,1-2H3,(H,63,66)/b48-44+. The summed E-state index contributed by atoms with van der Waals surface area (Å²) in [5.41, 5.74) is 0. The Kier molecular flexibility index (Phi) is 49.9. The van der Waals surface area contributed by atoms with E-state index in [0.717, 1.165) is 57.8 Å². The van der Waals surface area contributed by atoms with Gasteiger partial charge in [-0.15, -0.1) is 0 Å². The minimum absolute atomic E-state index is 0.000581. The Balaban J connectivity index is 1.97. The van der Waals surface area contributed by atoms with Crippen LogP contribution in [0.1, 0.15) is 309 Å². The smallest absolute Gasteiger partial charge is 0.305 e. The molecule has 0 aromatic carbocycles. The molecule has 0 aromatic rings. The van der Waals surface area contributed by atoms with Gasteiger partial charge in [0.2, 0.25) is 5.91 Å². The molecule has 0 saturated carbocycles. The number of hydrogen-bond donors (Lipinski definition) is 6. The number of unbranched alkanes of at least 4 members (excludes halogenated alkanes) is 41. The first-order chi connectivity index (χ1) is 35.7. The Morgan fingerprint density at radius 2 is 0.863 bits per heavy atom. The number of aliphatic hydroxyl groups excluding tert-OH is 5. The van der Waals surface area contributed by atoms with E-state index in [-0.39, 0.29) is 18.5 Å². The molecule has 11 nitrogen and oxygen atoms in total. The van der Waals surface area contributed by atoms with Gasteiger partial charge < -0.3 is 45.1 Å². The zero-order chi connectivity index (χ0) is 53.1. The Morgan fingerprint density at radius 3 is 1.27 bits per heavy atom. The highest BCUT2D eigenvalue weighted by Gasteiger charge is 2.44. The van der Waals surface area contributed by atoms with Crippen molar-refractivity contribution in [1.29, 1.82) is 0 Å². The Hall–Kier alpha value is -1.60. The van der Waals surface area contributed by atoms with Crippen molar-refractivity contribution in [2.24, 2.45) is 0 Å². The van der Waals surface area contributed by atoms with Crippen LogP contribution in [-0.2, 0) is 23.8 Å². The zero-order valence-electron chi connectivity index (χ0n) is 47.6. The van der Waals surface area contributed by atoms with Gasteiger partial charge in [-0.3, -0.25) is 9.59 Å². The second-order valence-electron chi connectivity index (χ2n) is 22.1. The molecule has 7 atom stereocenters. The minimum atomic E-state index is -1.57. The molecule has 1 amide bonds. The van der Waals surface area contributed by atoms with Gasteiger partial charge in [-0.1, -0.05) is 276 Å². The third-order valence-electron chi connectivity index (χ3n) is 15.2. The molecular formula is C62H119NO10. The molecule has 0 aromatic heterocycles. The van der Waals surface area contributed by atoms with Crippen molar-refractivity contribution in [2.45, 2.75) is 352 Å². The van der Waals surface area contributed by atoms with E-state index >= 15 is 0 Å². The van der Waals surface area contributed by atoms with Crippen LogP contribution in [-0.4, -0.2) is 100 Å². The van der Waals surface area contributed by atoms with Crippen molar-refractivity contribution in [2.75, 3.05) is 19.8 Å². The van der Waals surface area contributed by atoms with Gasteiger partial charge in [0.1, 0.15) is 24.4 Å². The SMILES string of the molecule is CCCCCCCCC/C=C/C(O)C(COC1OC(CO)C(O)C(O)C1O)NC(=O)CCCCCCCCCCCCCCCCCCCCCCOC(=O)CCCCCCCCCCCCCCCCCC. The number of carbonyl (C=O) groups is 2. The van der Waals surface area contributed by atoms with Crippen LogP contribution in [0.2, 0.25) is 0 Å². The number of hydrogen-bond acceptors (Lipinski definition) is 10. The number of amides is 1. The lowest BCUT2D eigenvalue weighted by Crippen LogP contribution is -2.60. The summed E-state index contributed by atoms with van der Waals surface area (Å²) in [5.74, 6) is -0.184. The summed E-state index contributed by atoms with van der Waals surface area (Å²) < 4.78 is 16.7. The molecule has 0 radical (unpaired) electrons. The number of ether oxygens (including phenoxy) is 3. The highest BCUT2D eigenvalue weighted by Crippen LogP contribution is 2.23. The molecule has 73 heavy (non-hydrogen) atoms. The lowest BCUT2D eigenvalue weighted by Gasteiger charge is -2.40. The summed E-state index contributed by atoms with van der Waals surface area (Å²) in [6.07, 6.45) is 51.8. The van der Waals surface area contributed by atoms with Crippen molar-refractivity contribution >= 4 is 11.9 Å². The van der Waals surface area contributed by atoms with Gasteiger partial charge >= 0.3 is 5.97 Å². The Labute approximate surface area is 448 Å². The molecule has 1 heterocycles. The van der Waals surface area contributed by atoms with Gasteiger partial charge in [0, 0.05) is 12.8 Å². The van der Waals surface area contributed by atoms with E-state index in [1.807, 2.05) is 6.08 Å². The third-order valence-corrected chi connectivity index (χ3v) is 15.2. The van der Waals surface area contributed by atoms with Crippen molar-refractivity contribution in [3.05, 3.63) is 12.2 Å². The summed E-state index contributed by atoms with van der Waals surface area (Å²) in [5, 5.41) is 54.2. The normalized spacial score (nSPS) is 18.9.